The predicted octanol–water partition coefficient (Wildman–Crippen LogP) is 5.33. The molecule has 3 nitrogen and oxygen atoms in total. The standard InChI is InChI=1S/C21H21N3/c1-17(22-18-11-5-2-6-12-18)21(23-19-13-7-3-8-14-19)24-20-15-9-4-10-16-20/h2-17,22H,1H3,(H,23,24). The molecule has 0 spiro atoms. The number of amidine groups is 1. The molecule has 1 atom stereocenters. The van der Waals surface area contributed by atoms with Gasteiger partial charge in [0.2, 0.25) is 0 Å². The molecule has 0 amide bonds. The first-order valence-corrected chi connectivity index (χ1v) is 8.08. The molecule has 0 heterocycles. The van der Waals surface area contributed by atoms with Crippen molar-refractivity contribution in [3.63, 3.8) is 0 Å². The van der Waals surface area contributed by atoms with Crippen molar-refractivity contribution in [2.45, 2.75) is 13.0 Å². The molecule has 3 aromatic rings. The van der Waals surface area contributed by atoms with Gasteiger partial charge in [-0.15, -0.1) is 0 Å². The molecule has 3 aromatic carbocycles. The number of rotatable bonds is 5. The van der Waals surface area contributed by atoms with Crippen LogP contribution >= 0.6 is 0 Å². The van der Waals surface area contributed by atoms with E-state index in [1.807, 2.05) is 78.9 Å². The lowest BCUT2D eigenvalue weighted by molar-refractivity contribution is 1.04. The Balaban J connectivity index is 1.85. The lowest BCUT2D eigenvalue weighted by Crippen LogP contribution is -2.32. The third kappa shape index (κ3) is 4.46. The number of para-hydroxylation sites is 3. The van der Waals surface area contributed by atoms with Crippen LogP contribution in [0, 0.1) is 0 Å². The van der Waals surface area contributed by atoms with Gasteiger partial charge in [0.05, 0.1) is 11.7 Å². The van der Waals surface area contributed by atoms with E-state index in [-0.39, 0.29) is 6.04 Å². The summed E-state index contributed by atoms with van der Waals surface area (Å²) in [7, 11) is 0. The molecule has 120 valence electrons. The van der Waals surface area contributed by atoms with Crippen LogP contribution in [0.1, 0.15) is 6.92 Å². The van der Waals surface area contributed by atoms with Crippen molar-refractivity contribution in [3.8, 4) is 0 Å². The molecule has 0 saturated carbocycles. The number of anilines is 2. The highest BCUT2D eigenvalue weighted by Gasteiger charge is 2.11. The van der Waals surface area contributed by atoms with Gasteiger partial charge in [0.15, 0.2) is 0 Å². The molecule has 0 aromatic heterocycles. The summed E-state index contributed by atoms with van der Waals surface area (Å²) in [5, 5.41) is 6.92. The van der Waals surface area contributed by atoms with Crippen molar-refractivity contribution in [3.05, 3.63) is 91.0 Å². The molecule has 0 aliphatic heterocycles. The largest absolute Gasteiger partial charge is 0.375 e. The molecule has 0 radical (unpaired) electrons. The SMILES string of the molecule is CC(Nc1ccccc1)C(=Nc1ccccc1)Nc1ccccc1. The molecule has 0 aliphatic carbocycles. The molecule has 3 heteroatoms. The van der Waals surface area contributed by atoms with Crippen LogP contribution in [0.2, 0.25) is 0 Å². The Morgan fingerprint density at radius 2 is 1.21 bits per heavy atom. The lowest BCUT2D eigenvalue weighted by atomic mass is 10.2. The Bertz CT molecular complexity index is 768. The molecule has 0 saturated heterocycles. The minimum absolute atomic E-state index is 0.0350. The maximum absolute atomic E-state index is 4.79. The fourth-order valence-corrected chi connectivity index (χ4v) is 2.40. The Kier molecular flexibility index (Phi) is 5.25. The minimum atomic E-state index is 0.0350. The maximum atomic E-state index is 4.79. The van der Waals surface area contributed by atoms with E-state index in [2.05, 4.69) is 29.7 Å². The van der Waals surface area contributed by atoms with Crippen LogP contribution in [-0.4, -0.2) is 11.9 Å². The summed E-state index contributed by atoms with van der Waals surface area (Å²) in [4.78, 5) is 4.79. The number of hydrogen-bond acceptors (Lipinski definition) is 2. The highest BCUT2D eigenvalue weighted by molar-refractivity contribution is 6.02. The van der Waals surface area contributed by atoms with E-state index in [0.717, 1.165) is 22.9 Å². The van der Waals surface area contributed by atoms with Gasteiger partial charge >= 0.3 is 0 Å². The van der Waals surface area contributed by atoms with Gasteiger partial charge in [-0.05, 0) is 43.3 Å². The van der Waals surface area contributed by atoms with Gasteiger partial charge in [0.1, 0.15) is 5.84 Å². The van der Waals surface area contributed by atoms with E-state index in [9.17, 15) is 0 Å². The summed E-state index contributed by atoms with van der Waals surface area (Å²) in [5.74, 6) is 0.872. The van der Waals surface area contributed by atoms with Crippen LogP contribution in [0.4, 0.5) is 17.1 Å². The smallest absolute Gasteiger partial charge is 0.129 e. The second-order valence-electron chi connectivity index (χ2n) is 5.56. The van der Waals surface area contributed by atoms with Gasteiger partial charge in [0, 0.05) is 11.4 Å². The molecular weight excluding hydrogens is 294 g/mol. The fourth-order valence-electron chi connectivity index (χ4n) is 2.40. The van der Waals surface area contributed by atoms with Gasteiger partial charge < -0.3 is 10.6 Å². The minimum Gasteiger partial charge on any atom is -0.375 e. The first kappa shape index (κ1) is 15.8. The van der Waals surface area contributed by atoms with E-state index >= 15 is 0 Å². The molecule has 2 N–H and O–H groups in total. The van der Waals surface area contributed by atoms with E-state index in [0.29, 0.717) is 0 Å². The summed E-state index contributed by atoms with van der Waals surface area (Å²) >= 11 is 0. The predicted molar refractivity (Wildman–Crippen MR) is 103 cm³/mol. The van der Waals surface area contributed by atoms with Crippen molar-refractivity contribution in [1.82, 2.24) is 0 Å². The van der Waals surface area contributed by atoms with Gasteiger partial charge in [-0.1, -0.05) is 54.6 Å². The van der Waals surface area contributed by atoms with Crippen molar-refractivity contribution in [2.75, 3.05) is 10.6 Å². The van der Waals surface area contributed by atoms with E-state index in [1.165, 1.54) is 0 Å². The number of benzene rings is 3. The van der Waals surface area contributed by atoms with E-state index < -0.39 is 0 Å². The average Bonchev–Trinajstić information content (AvgIpc) is 2.64. The number of nitrogens with one attached hydrogen (secondary N) is 2. The summed E-state index contributed by atoms with van der Waals surface area (Å²) in [5.41, 5.74) is 3.02. The maximum Gasteiger partial charge on any atom is 0.129 e. The second-order valence-corrected chi connectivity index (χ2v) is 5.56. The molecular formula is C21H21N3. The van der Waals surface area contributed by atoms with Gasteiger partial charge in [-0.2, -0.15) is 0 Å². The quantitative estimate of drug-likeness (QED) is 0.493. The Morgan fingerprint density at radius 3 is 1.79 bits per heavy atom. The van der Waals surface area contributed by atoms with E-state index in [4.69, 9.17) is 4.99 Å². The lowest BCUT2D eigenvalue weighted by Gasteiger charge is -2.19. The third-order valence-corrected chi connectivity index (χ3v) is 3.62. The summed E-state index contributed by atoms with van der Waals surface area (Å²) in [6, 6.07) is 30.3. The van der Waals surface area contributed by atoms with Crippen LogP contribution in [0.5, 0.6) is 0 Å². The first-order chi connectivity index (χ1) is 11.8. The van der Waals surface area contributed by atoms with Crippen molar-refractivity contribution >= 4 is 22.9 Å². The second kappa shape index (κ2) is 7.97. The zero-order chi connectivity index (χ0) is 16.6. The first-order valence-electron chi connectivity index (χ1n) is 8.08. The summed E-state index contributed by atoms with van der Waals surface area (Å²) < 4.78 is 0. The fraction of sp³-hybridized carbons (Fsp3) is 0.0952. The molecule has 0 fully saturated rings. The Morgan fingerprint density at radius 1 is 0.708 bits per heavy atom. The van der Waals surface area contributed by atoms with Crippen molar-refractivity contribution in [2.24, 2.45) is 4.99 Å². The highest BCUT2D eigenvalue weighted by Crippen LogP contribution is 2.15. The van der Waals surface area contributed by atoms with Crippen LogP contribution in [0.25, 0.3) is 0 Å². The average molecular weight is 315 g/mol. The monoisotopic (exact) mass is 315 g/mol. The van der Waals surface area contributed by atoms with Gasteiger partial charge in [-0.25, -0.2) is 4.99 Å². The third-order valence-electron chi connectivity index (χ3n) is 3.62. The number of aliphatic imine (C=N–C) groups is 1. The van der Waals surface area contributed by atoms with Crippen LogP contribution in [0.15, 0.2) is 96.0 Å². The van der Waals surface area contributed by atoms with Crippen molar-refractivity contribution in [1.29, 1.82) is 0 Å². The normalized spacial score (nSPS) is 12.5. The number of hydrogen-bond donors (Lipinski definition) is 2. The molecule has 0 aliphatic rings. The highest BCUT2D eigenvalue weighted by atomic mass is 15.1. The van der Waals surface area contributed by atoms with Crippen LogP contribution < -0.4 is 10.6 Å². The zero-order valence-corrected chi connectivity index (χ0v) is 13.7. The van der Waals surface area contributed by atoms with Gasteiger partial charge in [-0.3, -0.25) is 0 Å². The summed E-state index contributed by atoms with van der Waals surface area (Å²) in [6.07, 6.45) is 0. The molecule has 0 bridgehead atoms. The van der Waals surface area contributed by atoms with Crippen LogP contribution in [-0.2, 0) is 0 Å². The number of nitrogens with zero attached hydrogens (tertiary/aromatic N) is 1. The molecule has 24 heavy (non-hydrogen) atoms. The van der Waals surface area contributed by atoms with Gasteiger partial charge in [0.25, 0.3) is 0 Å². The van der Waals surface area contributed by atoms with E-state index in [1.54, 1.807) is 0 Å². The Hall–Kier alpha value is -3.07. The molecule has 1 unspecified atom stereocenters. The molecule has 3 rings (SSSR count). The van der Waals surface area contributed by atoms with Crippen molar-refractivity contribution < 1.29 is 0 Å². The Labute approximate surface area is 143 Å². The van der Waals surface area contributed by atoms with Crippen LogP contribution in [0.3, 0.4) is 0 Å². The zero-order valence-electron chi connectivity index (χ0n) is 13.7. The topological polar surface area (TPSA) is 36.4 Å². The summed E-state index contributed by atoms with van der Waals surface area (Å²) in [6.45, 7) is 2.10.